The molecule has 146 valence electrons. The van der Waals surface area contributed by atoms with E-state index in [2.05, 4.69) is 0 Å². The number of rotatable bonds is 4. The summed E-state index contributed by atoms with van der Waals surface area (Å²) >= 11 is 0. The third-order valence-electron chi connectivity index (χ3n) is 4.41. The fraction of sp³-hybridized carbons (Fsp3) is 0.263. The summed E-state index contributed by atoms with van der Waals surface area (Å²) in [5, 5.41) is 11.0. The molecule has 0 aliphatic carbocycles. The Bertz CT molecular complexity index is 943. The second kappa shape index (κ2) is 7.55. The number of carbonyl (C=O) groups excluding carboxylic acids is 2. The maximum absolute atomic E-state index is 12.5. The lowest BCUT2D eigenvalue weighted by Gasteiger charge is -2.33. The molecular weight excluding hydrogens is 366 g/mol. The Morgan fingerprint density at radius 1 is 1.29 bits per heavy atom. The van der Waals surface area contributed by atoms with Crippen molar-refractivity contribution in [1.82, 2.24) is 9.80 Å². The Hall–Kier alpha value is -3.62. The monoisotopic (exact) mass is 385 g/mol. The van der Waals surface area contributed by atoms with E-state index in [4.69, 9.17) is 9.47 Å². The van der Waals surface area contributed by atoms with Gasteiger partial charge in [0.25, 0.3) is 5.69 Å². The lowest BCUT2D eigenvalue weighted by atomic mass is 10.0. The average Bonchev–Trinajstić information content (AvgIpc) is 2.66. The van der Waals surface area contributed by atoms with Crippen LogP contribution in [0.3, 0.4) is 0 Å². The van der Waals surface area contributed by atoms with Gasteiger partial charge in [-0.15, -0.1) is 0 Å². The van der Waals surface area contributed by atoms with Crippen molar-refractivity contribution in [2.45, 2.75) is 19.5 Å². The van der Waals surface area contributed by atoms with E-state index in [1.54, 1.807) is 45.3 Å². The quantitative estimate of drug-likeness (QED) is 0.587. The summed E-state index contributed by atoms with van der Waals surface area (Å²) in [5.74, 6) is 0.585. The average molecular weight is 385 g/mol. The maximum Gasteiger partial charge on any atom is 0.416 e. The molecule has 0 saturated carbocycles. The summed E-state index contributed by atoms with van der Waals surface area (Å²) in [5.41, 5.74) is 1.33. The first-order valence-corrected chi connectivity index (χ1v) is 8.51. The molecule has 9 nitrogen and oxygen atoms in total. The van der Waals surface area contributed by atoms with E-state index in [0.29, 0.717) is 11.3 Å². The van der Waals surface area contributed by atoms with Gasteiger partial charge in [0.15, 0.2) is 0 Å². The summed E-state index contributed by atoms with van der Waals surface area (Å²) in [6, 6.07) is 10.6. The molecule has 2 amide bonds. The zero-order chi connectivity index (χ0) is 20.4. The number of nitrogens with zero attached hydrogens (tertiary/aromatic N) is 3. The van der Waals surface area contributed by atoms with Crippen LogP contribution in [0.25, 0.3) is 0 Å². The second-order valence-electron chi connectivity index (χ2n) is 6.56. The normalized spacial score (nSPS) is 14.0. The van der Waals surface area contributed by atoms with Gasteiger partial charge in [0, 0.05) is 37.9 Å². The van der Waals surface area contributed by atoms with Crippen LogP contribution in [0.5, 0.6) is 11.5 Å². The molecule has 3 rings (SSSR count). The number of benzene rings is 2. The van der Waals surface area contributed by atoms with Crippen LogP contribution in [0.2, 0.25) is 0 Å². The van der Waals surface area contributed by atoms with Gasteiger partial charge < -0.3 is 14.4 Å². The molecule has 0 spiro atoms. The van der Waals surface area contributed by atoms with Crippen LogP contribution < -0.4 is 9.47 Å². The first-order chi connectivity index (χ1) is 13.3. The topological polar surface area (TPSA) is 102 Å². The van der Waals surface area contributed by atoms with E-state index < -0.39 is 23.2 Å². The van der Waals surface area contributed by atoms with Crippen molar-refractivity contribution in [1.29, 1.82) is 0 Å². The molecule has 28 heavy (non-hydrogen) atoms. The molecule has 2 aromatic rings. The third kappa shape index (κ3) is 3.88. The number of carbonyl (C=O) groups is 2. The maximum atomic E-state index is 12.5. The first-order valence-electron chi connectivity index (χ1n) is 8.51. The SMILES string of the molecule is CC(c1cccc([N+](=O)[O-])c1)N1Cc2ccc(OC(=O)N(C)C)cc2OC1=O. The van der Waals surface area contributed by atoms with E-state index in [1.807, 2.05) is 0 Å². The summed E-state index contributed by atoms with van der Waals surface area (Å²) < 4.78 is 10.6. The minimum Gasteiger partial charge on any atom is -0.410 e. The molecule has 1 aliphatic rings. The van der Waals surface area contributed by atoms with Crippen LogP contribution in [-0.4, -0.2) is 41.0 Å². The van der Waals surface area contributed by atoms with E-state index in [9.17, 15) is 19.7 Å². The van der Waals surface area contributed by atoms with Gasteiger partial charge >= 0.3 is 12.2 Å². The number of nitro benzene ring substituents is 1. The van der Waals surface area contributed by atoms with E-state index in [-0.39, 0.29) is 18.0 Å². The molecule has 1 aliphatic heterocycles. The molecule has 0 radical (unpaired) electrons. The van der Waals surface area contributed by atoms with E-state index in [0.717, 1.165) is 5.56 Å². The molecule has 2 aromatic carbocycles. The number of hydrogen-bond donors (Lipinski definition) is 0. The largest absolute Gasteiger partial charge is 0.416 e. The van der Waals surface area contributed by atoms with Crippen LogP contribution in [0.4, 0.5) is 15.3 Å². The number of non-ortho nitro benzene ring substituents is 1. The first kappa shape index (κ1) is 19.2. The minimum atomic E-state index is -0.581. The van der Waals surface area contributed by atoms with Crippen molar-refractivity contribution >= 4 is 17.9 Å². The molecule has 1 unspecified atom stereocenters. The van der Waals surface area contributed by atoms with Crippen LogP contribution in [0.15, 0.2) is 42.5 Å². The van der Waals surface area contributed by atoms with Crippen molar-refractivity contribution in [3.05, 3.63) is 63.7 Å². The fourth-order valence-corrected chi connectivity index (χ4v) is 2.79. The number of amides is 2. The highest BCUT2D eigenvalue weighted by molar-refractivity contribution is 5.75. The standard InChI is InChI=1S/C19H19N3O6/c1-12(13-5-4-6-15(9-13)22(25)26)21-11-14-7-8-16(27-18(23)20(2)3)10-17(14)28-19(21)24/h4-10,12H,11H2,1-3H3. The van der Waals surface area contributed by atoms with E-state index >= 15 is 0 Å². The Labute approximate surface area is 161 Å². The Balaban J connectivity index is 1.81. The Morgan fingerprint density at radius 3 is 2.71 bits per heavy atom. The van der Waals surface area contributed by atoms with Gasteiger partial charge in [0.1, 0.15) is 11.5 Å². The molecule has 1 atom stereocenters. The Morgan fingerprint density at radius 2 is 2.04 bits per heavy atom. The highest BCUT2D eigenvalue weighted by Crippen LogP contribution is 2.34. The lowest BCUT2D eigenvalue weighted by molar-refractivity contribution is -0.384. The molecule has 1 heterocycles. The Kier molecular flexibility index (Phi) is 5.16. The molecule has 0 N–H and O–H groups in total. The van der Waals surface area contributed by atoms with Gasteiger partial charge in [0.2, 0.25) is 0 Å². The van der Waals surface area contributed by atoms with Gasteiger partial charge in [0.05, 0.1) is 17.5 Å². The number of hydrogen-bond acceptors (Lipinski definition) is 6. The molecular formula is C19H19N3O6. The van der Waals surface area contributed by atoms with Crippen LogP contribution in [-0.2, 0) is 6.54 Å². The smallest absolute Gasteiger partial charge is 0.410 e. The second-order valence-corrected chi connectivity index (χ2v) is 6.56. The van der Waals surface area contributed by atoms with Crippen molar-refractivity contribution < 1.29 is 24.0 Å². The van der Waals surface area contributed by atoms with Crippen molar-refractivity contribution in [2.75, 3.05) is 14.1 Å². The van der Waals surface area contributed by atoms with Crippen molar-refractivity contribution in [3.63, 3.8) is 0 Å². The predicted molar refractivity (Wildman–Crippen MR) is 99.2 cm³/mol. The van der Waals surface area contributed by atoms with Gasteiger partial charge in [-0.05, 0) is 24.6 Å². The fourth-order valence-electron chi connectivity index (χ4n) is 2.79. The summed E-state index contributed by atoms with van der Waals surface area (Å²) in [6.07, 6.45) is -1.12. The number of ether oxygens (including phenoxy) is 2. The van der Waals surface area contributed by atoms with E-state index in [1.165, 1.54) is 28.0 Å². The van der Waals surface area contributed by atoms with Crippen LogP contribution >= 0.6 is 0 Å². The van der Waals surface area contributed by atoms with Crippen LogP contribution in [0.1, 0.15) is 24.1 Å². The van der Waals surface area contributed by atoms with Crippen molar-refractivity contribution in [2.24, 2.45) is 0 Å². The highest BCUT2D eigenvalue weighted by atomic mass is 16.6. The van der Waals surface area contributed by atoms with Crippen LogP contribution in [0, 0.1) is 10.1 Å². The summed E-state index contributed by atoms with van der Waals surface area (Å²) in [4.78, 5) is 37.4. The minimum absolute atomic E-state index is 0.0394. The number of nitro groups is 1. The molecule has 0 bridgehead atoms. The van der Waals surface area contributed by atoms with Gasteiger partial charge in [-0.1, -0.05) is 12.1 Å². The highest BCUT2D eigenvalue weighted by Gasteiger charge is 2.30. The molecule has 0 saturated heterocycles. The van der Waals surface area contributed by atoms with Gasteiger partial charge in [-0.2, -0.15) is 0 Å². The zero-order valence-electron chi connectivity index (χ0n) is 15.6. The molecule has 0 fully saturated rings. The van der Waals surface area contributed by atoms with Crippen molar-refractivity contribution in [3.8, 4) is 11.5 Å². The van der Waals surface area contributed by atoms with Gasteiger partial charge in [-0.25, -0.2) is 9.59 Å². The summed E-state index contributed by atoms with van der Waals surface area (Å²) in [7, 11) is 3.13. The summed E-state index contributed by atoms with van der Waals surface area (Å²) in [6.45, 7) is 2.04. The van der Waals surface area contributed by atoms with Gasteiger partial charge in [-0.3, -0.25) is 15.0 Å². The molecule has 9 heteroatoms. The lowest BCUT2D eigenvalue weighted by Crippen LogP contribution is -2.38. The predicted octanol–water partition coefficient (Wildman–Crippen LogP) is 3.73. The third-order valence-corrected chi connectivity index (χ3v) is 4.41. The zero-order valence-corrected chi connectivity index (χ0v) is 15.6. The molecule has 0 aromatic heterocycles. The number of fused-ring (bicyclic) bond motifs is 1.